The molecule has 0 atom stereocenters. The number of rotatable bonds is 5. The van der Waals surface area contributed by atoms with E-state index in [2.05, 4.69) is 24.8 Å². The molecule has 3 aromatic rings. The highest BCUT2D eigenvalue weighted by Crippen LogP contribution is 2.27. The molecule has 0 saturated carbocycles. The van der Waals surface area contributed by atoms with Gasteiger partial charge in [-0.15, -0.1) is 0 Å². The molecule has 0 bridgehead atoms. The zero-order valence-corrected chi connectivity index (χ0v) is 16.7. The summed E-state index contributed by atoms with van der Waals surface area (Å²) >= 11 is 0. The van der Waals surface area contributed by atoms with E-state index >= 15 is 0 Å². The lowest BCUT2D eigenvalue weighted by Crippen LogP contribution is -2.33. The van der Waals surface area contributed by atoms with E-state index in [1.54, 1.807) is 18.5 Å². The normalized spacial score (nSPS) is 15.4. The van der Waals surface area contributed by atoms with Crippen LogP contribution in [0, 0.1) is 0 Å². The quantitative estimate of drug-likeness (QED) is 0.712. The van der Waals surface area contributed by atoms with Gasteiger partial charge < -0.3 is 9.88 Å². The van der Waals surface area contributed by atoms with Crippen LogP contribution in [0.3, 0.4) is 0 Å². The molecule has 3 aromatic heterocycles. The van der Waals surface area contributed by atoms with Crippen LogP contribution in [-0.4, -0.2) is 57.0 Å². The SMILES string of the molecule is CN(C)c1ncc(CN2CCC(c3cc(=O)[nH]c(-c4cccnc4)n3)CC2)cn1. The van der Waals surface area contributed by atoms with Gasteiger partial charge in [-0.2, -0.15) is 0 Å². The van der Waals surface area contributed by atoms with E-state index in [0.29, 0.717) is 5.82 Å². The predicted octanol–water partition coefficient (Wildman–Crippen LogP) is 2.07. The van der Waals surface area contributed by atoms with Gasteiger partial charge in [0, 0.05) is 68.5 Å². The van der Waals surface area contributed by atoms with Crippen molar-refractivity contribution < 1.29 is 0 Å². The average Bonchev–Trinajstić information content (AvgIpc) is 2.75. The standard InChI is InChI=1S/C21H25N7O/c1-27(2)21-23-11-15(12-24-21)14-28-8-5-16(6-9-28)18-10-19(29)26-20(25-18)17-4-3-7-22-13-17/h3-4,7,10-13,16H,5-6,8-9,14H2,1-2H3,(H,25,26,29). The molecule has 1 aliphatic rings. The molecule has 0 unspecified atom stereocenters. The summed E-state index contributed by atoms with van der Waals surface area (Å²) in [6.07, 6.45) is 9.16. The molecular weight excluding hydrogens is 366 g/mol. The second kappa shape index (κ2) is 8.48. The second-order valence-corrected chi connectivity index (χ2v) is 7.60. The van der Waals surface area contributed by atoms with E-state index in [1.807, 2.05) is 43.5 Å². The smallest absolute Gasteiger partial charge is 0.251 e. The Hall–Kier alpha value is -3.13. The number of nitrogens with zero attached hydrogens (tertiary/aromatic N) is 6. The summed E-state index contributed by atoms with van der Waals surface area (Å²) in [5, 5.41) is 0. The summed E-state index contributed by atoms with van der Waals surface area (Å²) < 4.78 is 0. The van der Waals surface area contributed by atoms with Crippen LogP contribution in [0.1, 0.15) is 30.0 Å². The number of H-pyrrole nitrogens is 1. The van der Waals surface area contributed by atoms with Gasteiger partial charge in [0.15, 0.2) is 0 Å². The van der Waals surface area contributed by atoms with Crippen molar-refractivity contribution in [3.05, 3.63) is 64.6 Å². The van der Waals surface area contributed by atoms with Crippen molar-refractivity contribution in [2.75, 3.05) is 32.1 Å². The van der Waals surface area contributed by atoms with Crippen LogP contribution in [0.2, 0.25) is 0 Å². The van der Waals surface area contributed by atoms with Crippen LogP contribution in [-0.2, 0) is 6.54 Å². The van der Waals surface area contributed by atoms with Crippen LogP contribution in [0.25, 0.3) is 11.4 Å². The Labute approximate surface area is 169 Å². The lowest BCUT2D eigenvalue weighted by atomic mass is 9.93. The minimum absolute atomic E-state index is 0.116. The Bertz CT molecular complexity index is 994. The topological polar surface area (TPSA) is 90.9 Å². The van der Waals surface area contributed by atoms with Gasteiger partial charge in [-0.1, -0.05) is 0 Å². The van der Waals surface area contributed by atoms with Gasteiger partial charge in [0.1, 0.15) is 5.82 Å². The van der Waals surface area contributed by atoms with E-state index in [4.69, 9.17) is 4.98 Å². The van der Waals surface area contributed by atoms with Gasteiger partial charge in [-0.3, -0.25) is 14.7 Å². The minimum atomic E-state index is -0.116. The third-order valence-electron chi connectivity index (χ3n) is 5.20. The number of hydrogen-bond acceptors (Lipinski definition) is 7. The predicted molar refractivity (Wildman–Crippen MR) is 112 cm³/mol. The lowest BCUT2D eigenvalue weighted by molar-refractivity contribution is 0.203. The monoisotopic (exact) mass is 391 g/mol. The molecule has 0 amide bonds. The first kappa shape index (κ1) is 19.2. The first-order valence-electron chi connectivity index (χ1n) is 9.81. The third kappa shape index (κ3) is 4.65. The molecule has 0 radical (unpaired) electrons. The van der Waals surface area contributed by atoms with Crippen molar-refractivity contribution in [3.8, 4) is 11.4 Å². The van der Waals surface area contributed by atoms with E-state index in [-0.39, 0.29) is 11.5 Å². The number of piperidine rings is 1. The molecule has 0 aliphatic carbocycles. The first-order chi connectivity index (χ1) is 14.1. The fraction of sp³-hybridized carbons (Fsp3) is 0.381. The van der Waals surface area contributed by atoms with Crippen molar-refractivity contribution >= 4 is 5.95 Å². The van der Waals surface area contributed by atoms with Gasteiger partial charge in [-0.05, 0) is 38.1 Å². The van der Waals surface area contributed by atoms with E-state index in [0.717, 1.165) is 55.2 Å². The van der Waals surface area contributed by atoms with Crippen LogP contribution < -0.4 is 10.5 Å². The van der Waals surface area contributed by atoms with Gasteiger partial charge in [0.05, 0.1) is 5.69 Å². The van der Waals surface area contributed by atoms with Crippen molar-refractivity contribution in [2.45, 2.75) is 25.3 Å². The maximum atomic E-state index is 12.2. The summed E-state index contributed by atoms with van der Waals surface area (Å²) in [5.74, 6) is 1.59. The molecular formula is C21H25N7O. The molecule has 8 heteroatoms. The van der Waals surface area contributed by atoms with E-state index < -0.39 is 0 Å². The van der Waals surface area contributed by atoms with Crippen molar-refractivity contribution in [2.24, 2.45) is 0 Å². The van der Waals surface area contributed by atoms with E-state index in [1.165, 1.54) is 0 Å². The van der Waals surface area contributed by atoms with Crippen LogP contribution in [0.5, 0.6) is 0 Å². The Morgan fingerprint density at radius 2 is 1.93 bits per heavy atom. The number of likely N-dealkylation sites (tertiary alicyclic amines) is 1. The van der Waals surface area contributed by atoms with E-state index in [9.17, 15) is 4.79 Å². The zero-order valence-electron chi connectivity index (χ0n) is 16.7. The number of aromatic amines is 1. The second-order valence-electron chi connectivity index (χ2n) is 7.60. The fourth-order valence-corrected chi connectivity index (χ4v) is 3.63. The minimum Gasteiger partial charge on any atom is -0.347 e. The molecule has 1 N–H and O–H groups in total. The van der Waals surface area contributed by atoms with Gasteiger partial charge in [0.25, 0.3) is 5.56 Å². The highest BCUT2D eigenvalue weighted by molar-refractivity contribution is 5.52. The maximum absolute atomic E-state index is 12.2. The molecule has 0 spiro atoms. The molecule has 8 nitrogen and oxygen atoms in total. The van der Waals surface area contributed by atoms with Crippen molar-refractivity contribution in [1.29, 1.82) is 0 Å². The number of hydrogen-bond donors (Lipinski definition) is 1. The summed E-state index contributed by atoms with van der Waals surface area (Å²) in [5.41, 5.74) is 2.69. The maximum Gasteiger partial charge on any atom is 0.251 e. The first-order valence-corrected chi connectivity index (χ1v) is 9.81. The Morgan fingerprint density at radius 1 is 1.17 bits per heavy atom. The summed E-state index contributed by atoms with van der Waals surface area (Å²) in [6, 6.07) is 5.38. The lowest BCUT2D eigenvalue weighted by Gasteiger charge is -2.31. The molecule has 1 saturated heterocycles. The zero-order chi connectivity index (χ0) is 20.2. The number of aromatic nitrogens is 5. The third-order valence-corrected chi connectivity index (χ3v) is 5.20. The van der Waals surface area contributed by atoms with Gasteiger partial charge in [-0.25, -0.2) is 15.0 Å². The molecule has 150 valence electrons. The van der Waals surface area contributed by atoms with Crippen molar-refractivity contribution in [1.82, 2.24) is 29.8 Å². The van der Waals surface area contributed by atoms with Crippen LogP contribution in [0.4, 0.5) is 5.95 Å². The number of anilines is 1. The molecule has 0 aromatic carbocycles. The molecule has 1 fully saturated rings. The molecule has 29 heavy (non-hydrogen) atoms. The summed E-state index contributed by atoms with van der Waals surface area (Å²) in [6.45, 7) is 2.75. The average molecular weight is 391 g/mol. The van der Waals surface area contributed by atoms with Crippen LogP contribution >= 0.6 is 0 Å². The number of nitrogens with one attached hydrogen (secondary N) is 1. The molecule has 4 rings (SSSR count). The fourth-order valence-electron chi connectivity index (χ4n) is 3.63. The molecule has 4 heterocycles. The highest BCUT2D eigenvalue weighted by atomic mass is 16.1. The van der Waals surface area contributed by atoms with Crippen molar-refractivity contribution in [3.63, 3.8) is 0 Å². The number of pyridine rings is 1. The van der Waals surface area contributed by atoms with Crippen LogP contribution in [0.15, 0.2) is 47.8 Å². The highest BCUT2D eigenvalue weighted by Gasteiger charge is 2.23. The summed E-state index contributed by atoms with van der Waals surface area (Å²) in [4.78, 5) is 36.9. The summed E-state index contributed by atoms with van der Waals surface area (Å²) in [7, 11) is 3.87. The Balaban J connectivity index is 1.41. The van der Waals surface area contributed by atoms with Gasteiger partial charge in [0.2, 0.25) is 5.95 Å². The Morgan fingerprint density at radius 3 is 2.59 bits per heavy atom. The Kier molecular flexibility index (Phi) is 5.62. The largest absolute Gasteiger partial charge is 0.347 e. The van der Waals surface area contributed by atoms with Gasteiger partial charge >= 0.3 is 0 Å². The molecule has 1 aliphatic heterocycles.